The Balaban J connectivity index is 0.00000182. The number of benzene rings is 2. The molecule has 1 heterocycles. The summed E-state index contributed by atoms with van der Waals surface area (Å²) < 4.78 is 6.96. The van der Waals surface area contributed by atoms with Crippen LogP contribution in [-0.4, -0.2) is 48.8 Å². The smallest absolute Gasteiger partial charge is 0.251 e. The molecule has 0 spiro atoms. The minimum Gasteiger partial charge on any atom is -0.383 e. The summed E-state index contributed by atoms with van der Waals surface area (Å²) in [5.41, 5.74) is 3.61. The topological polar surface area (TPSA) is 68.2 Å². The lowest BCUT2D eigenvalue weighted by Crippen LogP contribution is -2.33. The van der Waals surface area contributed by atoms with Crippen LogP contribution in [0.25, 0.3) is 16.7 Å². The SMILES string of the molecule is COCCNCCNC(=O)c1ccc(-n2cnc3ccccc32)cc1.Cl.Cl. The molecule has 2 aromatic carbocycles. The minimum atomic E-state index is -0.0735. The highest BCUT2D eigenvalue weighted by atomic mass is 35.5. The molecule has 0 saturated carbocycles. The molecule has 0 atom stereocenters. The second kappa shape index (κ2) is 11.6. The van der Waals surface area contributed by atoms with Crippen molar-refractivity contribution in [2.45, 2.75) is 0 Å². The van der Waals surface area contributed by atoms with E-state index in [-0.39, 0.29) is 30.7 Å². The van der Waals surface area contributed by atoms with Crippen LogP contribution >= 0.6 is 24.8 Å². The second-order valence-electron chi connectivity index (χ2n) is 5.65. The Hall–Kier alpha value is -2.12. The lowest BCUT2D eigenvalue weighted by Gasteiger charge is -2.08. The highest BCUT2D eigenvalue weighted by Gasteiger charge is 2.07. The van der Waals surface area contributed by atoms with E-state index >= 15 is 0 Å². The van der Waals surface area contributed by atoms with Gasteiger partial charge in [0.2, 0.25) is 0 Å². The summed E-state index contributed by atoms with van der Waals surface area (Å²) in [6, 6.07) is 15.5. The number of halogens is 2. The van der Waals surface area contributed by atoms with Crippen LogP contribution in [-0.2, 0) is 4.74 Å². The Morgan fingerprint density at radius 1 is 1.04 bits per heavy atom. The molecule has 2 N–H and O–H groups in total. The summed E-state index contributed by atoms with van der Waals surface area (Å²) in [6.07, 6.45) is 1.80. The van der Waals surface area contributed by atoms with Gasteiger partial charge in [0.05, 0.1) is 17.6 Å². The third-order valence-electron chi connectivity index (χ3n) is 3.93. The molecule has 3 aromatic rings. The average molecular weight is 411 g/mol. The van der Waals surface area contributed by atoms with E-state index in [1.165, 1.54) is 0 Å². The van der Waals surface area contributed by atoms with Gasteiger partial charge in [-0.25, -0.2) is 4.98 Å². The number of para-hydroxylation sites is 2. The fourth-order valence-corrected chi connectivity index (χ4v) is 2.60. The fraction of sp³-hybridized carbons (Fsp3) is 0.263. The van der Waals surface area contributed by atoms with E-state index in [1.807, 2.05) is 53.1 Å². The molecular weight excluding hydrogens is 387 g/mol. The van der Waals surface area contributed by atoms with E-state index in [4.69, 9.17) is 4.74 Å². The number of ether oxygens (including phenoxy) is 1. The number of imidazole rings is 1. The predicted octanol–water partition coefficient (Wildman–Crippen LogP) is 2.83. The molecule has 0 bridgehead atoms. The third kappa shape index (κ3) is 5.94. The standard InChI is InChI=1S/C19H22N4O2.2ClH/c1-25-13-12-20-10-11-21-19(24)15-6-8-16(9-7-15)23-14-22-17-4-2-3-5-18(17)23;;/h2-9,14,20H,10-13H2,1H3,(H,21,24);2*1H. The zero-order valence-electron chi connectivity index (χ0n) is 15.1. The summed E-state index contributed by atoms with van der Waals surface area (Å²) >= 11 is 0. The first-order chi connectivity index (χ1) is 12.3. The summed E-state index contributed by atoms with van der Waals surface area (Å²) in [4.78, 5) is 16.6. The number of methoxy groups -OCH3 is 1. The quantitative estimate of drug-likeness (QED) is 0.560. The molecule has 0 fully saturated rings. The summed E-state index contributed by atoms with van der Waals surface area (Å²) in [5.74, 6) is -0.0735. The third-order valence-corrected chi connectivity index (χ3v) is 3.93. The number of fused-ring (bicyclic) bond motifs is 1. The molecule has 8 heteroatoms. The molecule has 0 radical (unpaired) electrons. The van der Waals surface area contributed by atoms with Crippen molar-refractivity contribution in [3.8, 4) is 5.69 Å². The fourth-order valence-electron chi connectivity index (χ4n) is 2.60. The van der Waals surface area contributed by atoms with E-state index in [1.54, 1.807) is 13.4 Å². The largest absolute Gasteiger partial charge is 0.383 e. The molecule has 1 amide bonds. The molecule has 0 aliphatic rings. The van der Waals surface area contributed by atoms with Crippen molar-refractivity contribution in [3.63, 3.8) is 0 Å². The number of carbonyl (C=O) groups excluding carboxylic acids is 1. The number of carbonyl (C=O) groups is 1. The lowest BCUT2D eigenvalue weighted by atomic mass is 10.2. The number of amides is 1. The first-order valence-corrected chi connectivity index (χ1v) is 8.30. The van der Waals surface area contributed by atoms with E-state index in [0.717, 1.165) is 23.3 Å². The van der Waals surface area contributed by atoms with Crippen LogP contribution < -0.4 is 10.6 Å². The van der Waals surface area contributed by atoms with Crippen LogP contribution in [0.4, 0.5) is 0 Å². The maximum atomic E-state index is 12.2. The number of aromatic nitrogens is 2. The van der Waals surface area contributed by atoms with Gasteiger partial charge in [-0.05, 0) is 36.4 Å². The van der Waals surface area contributed by atoms with Crippen molar-refractivity contribution in [2.24, 2.45) is 0 Å². The van der Waals surface area contributed by atoms with Crippen molar-refractivity contribution in [1.82, 2.24) is 20.2 Å². The molecule has 3 rings (SSSR count). The summed E-state index contributed by atoms with van der Waals surface area (Å²) in [6.45, 7) is 2.74. The van der Waals surface area contributed by atoms with Crippen molar-refractivity contribution in [3.05, 3.63) is 60.4 Å². The van der Waals surface area contributed by atoms with Gasteiger partial charge in [0.25, 0.3) is 5.91 Å². The Kier molecular flexibility index (Phi) is 9.82. The van der Waals surface area contributed by atoms with Crippen molar-refractivity contribution in [1.29, 1.82) is 0 Å². The highest BCUT2D eigenvalue weighted by Crippen LogP contribution is 2.18. The summed E-state index contributed by atoms with van der Waals surface area (Å²) in [7, 11) is 1.67. The van der Waals surface area contributed by atoms with Crippen LogP contribution in [0, 0.1) is 0 Å². The van der Waals surface area contributed by atoms with Gasteiger partial charge in [-0.2, -0.15) is 0 Å². The van der Waals surface area contributed by atoms with E-state index in [0.29, 0.717) is 25.3 Å². The van der Waals surface area contributed by atoms with Gasteiger partial charge in [-0.15, -0.1) is 24.8 Å². The molecule has 6 nitrogen and oxygen atoms in total. The number of nitrogens with zero attached hydrogens (tertiary/aromatic N) is 2. The van der Waals surface area contributed by atoms with Crippen LogP contribution in [0.5, 0.6) is 0 Å². The zero-order valence-corrected chi connectivity index (χ0v) is 16.7. The normalized spacial score (nSPS) is 10.1. The number of nitrogens with one attached hydrogen (secondary N) is 2. The van der Waals surface area contributed by atoms with Crippen molar-refractivity contribution in [2.75, 3.05) is 33.4 Å². The predicted molar refractivity (Wildman–Crippen MR) is 113 cm³/mol. The van der Waals surface area contributed by atoms with Crippen molar-refractivity contribution < 1.29 is 9.53 Å². The van der Waals surface area contributed by atoms with Gasteiger partial charge >= 0.3 is 0 Å². The molecule has 0 unspecified atom stereocenters. The van der Waals surface area contributed by atoms with Gasteiger partial charge in [0.15, 0.2) is 0 Å². The molecular formula is C19H24Cl2N4O2. The van der Waals surface area contributed by atoms with Crippen LogP contribution in [0.3, 0.4) is 0 Å². The first kappa shape index (κ1) is 22.9. The second-order valence-corrected chi connectivity index (χ2v) is 5.65. The maximum Gasteiger partial charge on any atom is 0.251 e. The van der Waals surface area contributed by atoms with E-state index < -0.39 is 0 Å². The monoisotopic (exact) mass is 410 g/mol. The van der Waals surface area contributed by atoms with Crippen LogP contribution in [0.2, 0.25) is 0 Å². The van der Waals surface area contributed by atoms with Gasteiger partial charge in [0.1, 0.15) is 6.33 Å². The molecule has 0 saturated heterocycles. The number of hydrogen-bond acceptors (Lipinski definition) is 4. The average Bonchev–Trinajstić information content (AvgIpc) is 3.08. The lowest BCUT2D eigenvalue weighted by molar-refractivity contribution is 0.0953. The Labute approximate surface area is 171 Å². The van der Waals surface area contributed by atoms with Gasteiger partial charge in [-0.3, -0.25) is 9.36 Å². The number of rotatable bonds is 8. The molecule has 0 aliphatic carbocycles. The molecule has 1 aromatic heterocycles. The molecule has 146 valence electrons. The van der Waals surface area contributed by atoms with Crippen LogP contribution in [0.1, 0.15) is 10.4 Å². The highest BCUT2D eigenvalue weighted by molar-refractivity contribution is 5.94. The maximum absolute atomic E-state index is 12.2. The van der Waals surface area contributed by atoms with Gasteiger partial charge in [0, 0.05) is 38.0 Å². The zero-order chi connectivity index (χ0) is 17.5. The van der Waals surface area contributed by atoms with E-state index in [2.05, 4.69) is 15.6 Å². The first-order valence-electron chi connectivity index (χ1n) is 8.30. The van der Waals surface area contributed by atoms with E-state index in [9.17, 15) is 4.79 Å². The number of hydrogen-bond donors (Lipinski definition) is 2. The Morgan fingerprint density at radius 3 is 2.52 bits per heavy atom. The molecule has 0 aliphatic heterocycles. The Bertz CT molecular complexity index is 837. The minimum absolute atomic E-state index is 0. The molecule has 27 heavy (non-hydrogen) atoms. The Morgan fingerprint density at radius 2 is 1.78 bits per heavy atom. The van der Waals surface area contributed by atoms with Crippen LogP contribution in [0.15, 0.2) is 54.9 Å². The van der Waals surface area contributed by atoms with Crippen molar-refractivity contribution >= 4 is 41.8 Å². The summed E-state index contributed by atoms with van der Waals surface area (Å²) in [5, 5.41) is 6.09. The van der Waals surface area contributed by atoms with Gasteiger partial charge < -0.3 is 15.4 Å². The van der Waals surface area contributed by atoms with Gasteiger partial charge in [-0.1, -0.05) is 12.1 Å².